The molecule has 0 heterocycles. The molecule has 6 heteroatoms. The average Bonchev–Trinajstić information content (AvgIpc) is 2.53. The van der Waals surface area contributed by atoms with E-state index in [4.69, 9.17) is 0 Å². The first kappa shape index (κ1) is 16.6. The standard InChI is InChI=1S/C17H18N2O4/c1-18(2)11-12-5-4-6-13(9-12)14-7-8-15(17(20)23-3)16(10-14)19(21)22/h4-10H,11H2,1-3H3. The lowest BCUT2D eigenvalue weighted by Crippen LogP contribution is -2.10. The van der Waals surface area contributed by atoms with Crippen molar-refractivity contribution in [3.8, 4) is 11.1 Å². The molecule has 0 amide bonds. The fraction of sp³-hybridized carbons (Fsp3) is 0.235. The van der Waals surface area contributed by atoms with Gasteiger partial charge in [-0.3, -0.25) is 10.1 Å². The molecule has 2 rings (SSSR count). The number of nitrogens with zero attached hydrogens (tertiary/aromatic N) is 2. The van der Waals surface area contributed by atoms with Gasteiger partial charge in [0.1, 0.15) is 5.56 Å². The highest BCUT2D eigenvalue weighted by Crippen LogP contribution is 2.28. The number of ether oxygens (including phenoxy) is 1. The molecular formula is C17H18N2O4. The van der Waals surface area contributed by atoms with Gasteiger partial charge >= 0.3 is 5.97 Å². The highest BCUT2D eigenvalue weighted by atomic mass is 16.6. The topological polar surface area (TPSA) is 72.7 Å². The molecule has 2 aromatic carbocycles. The molecule has 0 aliphatic heterocycles. The van der Waals surface area contributed by atoms with Gasteiger partial charge in [-0.1, -0.05) is 24.3 Å². The van der Waals surface area contributed by atoms with Crippen LogP contribution in [0.4, 0.5) is 5.69 Å². The third-order valence-corrected chi connectivity index (χ3v) is 3.36. The van der Waals surface area contributed by atoms with Crippen molar-refractivity contribution in [3.05, 3.63) is 63.7 Å². The number of methoxy groups -OCH3 is 1. The molecular weight excluding hydrogens is 296 g/mol. The Morgan fingerprint density at radius 2 is 1.87 bits per heavy atom. The van der Waals surface area contributed by atoms with Crippen LogP contribution in [0.3, 0.4) is 0 Å². The number of hydrogen-bond donors (Lipinski definition) is 0. The maximum Gasteiger partial charge on any atom is 0.344 e. The number of nitro groups is 1. The molecule has 0 spiro atoms. The number of carbonyl (C=O) groups excluding carboxylic acids is 1. The van der Waals surface area contributed by atoms with Gasteiger partial charge in [-0.25, -0.2) is 4.79 Å². The van der Waals surface area contributed by atoms with E-state index < -0.39 is 10.9 Å². The van der Waals surface area contributed by atoms with E-state index in [0.717, 1.165) is 17.7 Å². The third kappa shape index (κ3) is 3.92. The first-order valence-electron chi connectivity index (χ1n) is 7.03. The largest absolute Gasteiger partial charge is 0.465 e. The quantitative estimate of drug-likeness (QED) is 0.481. The van der Waals surface area contributed by atoms with Crippen LogP contribution < -0.4 is 0 Å². The lowest BCUT2D eigenvalue weighted by Gasteiger charge is -2.11. The van der Waals surface area contributed by atoms with E-state index in [-0.39, 0.29) is 11.3 Å². The van der Waals surface area contributed by atoms with Crippen LogP contribution in [0.25, 0.3) is 11.1 Å². The Balaban J connectivity index is 2.46. The molecule has 0 saturated heterocycles. The van der Waals surface area contributed by atoms with Crippen LogP contribution in [0.1, 0.15) is 15.9 Å². The van der Waals surface area contributed by atoms with Crippen molar-refractivity contribution in [2.75, 3.05) is 21.2 Å². The Labute approximate surface area is 134 Å². The van der Waals surface area contributed by atoms with Gasteiger partial charge in [0, 0.05) is 12.6 Å². The summed E-state index contributed by atoms with van der Waals surface area (Å²) in [7, 11) is 5.15. The SMILES string of the molecule is COC(=O)c1ccc(-c2cccc(CN(C)C)c2)cc1[N+](=O)[O-]. The number of carbonyl (C=O) groups is 1. The second kappa shape index (κ2) is 7.02. The van der Waals surface area contributed by atoms with Crippen LogP contribution in [0.5, 0.6) is 0 Å². The molecule has 0 fully saturated rings. The van der Waals surface area contributed by atoms with Crippen LogP contribution in [-0.2, 0) is 11.3 Å². The monoisotopic (exact) mass is 314 g/mol. The Kier molecular flexibility index (Phi) is 5.08. The molecule has 2 aromatic rings. The molecule has 0 saturated carbocycles. The van der Waals surface area contributed by atoms with Crippen molar-refractivity contribution in [2.24, 2.45) is 0 Å². The third-order valence-electron chi connectivity index (χ3n) is 3.36. The minimum absolute atomic E-state index is 0.0503. The van der Waals surface area contributed by atoms with Crippen LogP contribution in [0, 0.1) is 10.1 Å². The van der Waals surface area contributed by atoms with Crippen LogP contribution in [-0.4, -0.2) is 37.0 Å². The zero-order valence-corrected chi connectivity index (χ0v) is 13.3. The highest BCUT2D eigenvalue weighted by molar-refractivity contribution is 5.94. The maximum absolute atomic E-state index is 11.6. The van der Waals surface area contributed by atoms with Gasteiger partial charge in [0.2, 0.25) is 0 Å². The van der Waals surface area contributed by atoms with Crippen molar-refractivity contribution in [2.45, 2.75) is 6.54 Å². The summed E-state index contributed by atoms with van der Waals surface area (Å²) < 4.78 is 4.59. The molecule has 0 aliphatic carbocycles. The van der Waals surface area contributed by atoms with Crippen LogP contribution >= 0.6 is 0 Å². The summed E-state index contributed by atoms with van der Waals surface area (Å²) in [6, 6.07) is 12.3. The summed E-state index contributed by atoms with van der Waals surface area (Å²) in [5, 5.41) is 11.2. The lowest BCUT2D eigenvalue weighted by atomic mass is 10.0. The van der Waals surface area contributed by atoms with E-state index in [1.54, 1.807) is 6.07 Å². The molecule has 120 valence electrons. The van der Waals surface area contributed by atoms with Crippen LogP contribution in [0.2, 0.25) is 0 Å². The van der Waals surface area contributed by atoms with Crippen molar-refractivity contribution in [1.29, 1.82) is 0 Å². The smallest absolute Gasteiger partial charge is 0.344 e. The van der Waals surface area contributed by atoms with Crippen molar-refractivity contribution >= 4 is 11.7 Å². The van der Waals surface area contributed by atoms with Crippen LogP contribution in [0.15, 0.2) is 42.5 Å². The second-order valence-electron chi connectivity index (χ2n) is 5.42. The summed E-state index contributed by atoms with van der Waals surface area (Å²) in [6.45, 7) is 0.774. The van der Waals surface area contributed by atoms with Crippen molar-refractivity contribution in [3.63, 3.8) is 0 Å². The number of rotatable bonds is 5. The first-order chi connectivity index (χ1) is 10.9. The molecule has 6 nitrogen and oxygen atoms in total. The molecule has 0 unspecified atom stereocenters. The zero-order chi connectivity index (χ0) is 17.0. The van der Waals surface area contributed by atoms with E-state index in [0.29, 0.717) is 5.56 Å². The normalized spacial score (nSPS) is 10.6. The molecule has 0 aromatic heterocycles. The predicted molar refractivity (Wildman–Crippen MR) is 87.3 cm³/mol. The summed E-state index contributed by atoms with van der Waals surface area (Å²) in [5.41, 5.74) is 2.35. The van der Waals surface area contributed by atoms with E-state index in [2.05, 4.69) is 4.74 Å². The van der Waals surface area contributed by atoms with E-state index in [1.807, 2.05) is 43.3 Å². The number of hydrogen-bond acceptors (Lipinski definition) is 5. The Morgan fingerprint density at radius 3 is 2.48 bits per heavy atom. The van der Waals surface area contributed by atoms with E-state index in [9.17, 15) is 14.9 Å². The summed E-state index contributed by atoms with van der Waals surface area (Å²) in [4.78, 5) is 24.3. The van der Waals surface area contributed by atoms with Gasteiger partial charge in [-0.15, -0.1) is 0 Å². The van der Waals surface area contributed by atoms with Gasteiger partial charge in [-0.05, 0) is 42.9 Å². The molecule has 0 bridgehead atoms. The molecule has 0 radical (unpaired) electrons. The van der Waals surface area contributed by atoms with Gasteiger partial charge in [0.15, 0.2) is 0 Å². The van der Waals surface area contributed by atoms with Crippen molar-refractivity contribution < 1.29 is 14.5 Å². The molecule has 0 atom stereocenters. The van der Waals surface area contributed by atoms with Gasteiger partial charge < -0.3 is 9.64 Å². The van der Waals surface area contributed by atoms with Gasteiger partial charge in [-0.2, -0.15) is 0 Å². The Morgan fingerprint density at radius 1 is 1.17 bits per heavy atom. The molecule has 0 aliphatic rings. The van der Waals surface area contributed by atoms with E-state index in [1.165, 1.54) is 19.2 Å². The zero-order valence-electron chi connectivity index (χ0n) is 13.3. The first-order valence-corrected chi connectivity index (χ1v) is 7.03. The number of benzene rings is 2. The number of nitro benzene ring substituents is 1. The second-order valence-corrected chi connectivity index (χ2v) is 5.42. The Hall–Kier alpha value is -2.73. The fourth-order valence-electron chi connectivity index (χ4n) is 2.36. The summed E-state index contributed by atoms with van der Waals surface area (Å²) in [6.07, 6.45) is 0. The minimum atomic E-state index is -0.718. The average molecular weight is 314 g/mol. The fourth-order valence-corrected chi connectivity index (χ4v) is 2.36. The predicted octanol–water partition coefficient (Wildman–Crippen LogP) is 3.11. The van der Waals surface area contributed by atoms with Gasteiger partial charge in [0.25, 0.3) is 5.69 Å². The number of esters is 1. The molecule has 23 heavy (non-hydrogen) atoms. The summed E-state index contributed by atoms with van der Waals surface area (Å²) >= 11 is 0. The van der Waals surface area contributed by atoms with E-state index >= 15 is 0 Å². The maximum atomic E-state index is 11.6. The lowest BCUT2D eigenvalue weighted by molar-refractivity contribution is -0.385. The molecule has 0 N–H and O–H groups in total. The summed E-state index contributed by atoms with van der Waals surface area (Å²) in [5.74, 6) is -0.718. The minimum Gasteiger partial charge on any atom is -0.465 e. The van der Waals surface area contributed by atoms with Gasteiger partial charge in [0.05, 0.1) is 12.0 Å². The van der Waals surface area contributed by atoms with Crippen molar-refractivity contribution in [1.82, 2.24) is 4.90 Å². The highest BCUT2D eigenvalue weighted by Gasteiger charge is 2.21. The Bertz CT molecular complexity index is 741.